The Morgan fingerprint density at radius 2 is 1.06 bits per heavy atom. The van der Waals surface area contributed by atoms with E-state index in [0.29, 0.717) is 44.9 Å². The maximum absolute atomic E-state index is 14.8. The lowest BCUT2D eigenvalue weighted by Crippen LogP contribution is -2.68. The van der Waals surface area contributed by atoms with Crippen LogP contribution in [0.4, 0.5) is 0 Å². The van der Waals surface area contributed by atoms with Crippen molar-refractivity contribution in [1.82, 2.24) is 0 Å². The molecule has 4 saturated heterocycles. The number of fused-ring (bicyclic) bond motifs is 7. The molecule has 0 aromatic heterocycles. The van der Waals surface area contributed by atoms with E-state index in [1.54, 1.807) is 0 Å². The summed E-state index contributed by atoms with van der Waals surface area (Å²) in [5, 5.41) is 149. The lowest BCUT2D eigenvalue weighted by atomic mass is 9.33. The Morgan fingerprint density at radius 1 is 0.551 bits per heavy atom. The number of ether oxygens (including phenoxy) is 8. The zero-order valence-electron chi connectivity index (χ0n) is 45.5. The standard InChI is InChI=1S/C54H86O24/c1-49(2)14-16-54(48(70)78-45-39(67)34(62)31(59)25(20-56)72-45)17-15-52(6)22(23(54)18-49)8-9-28-51(5)12-11-29(50(3,4)27(51)10-13-53(28,52)7)74-47-42(37(65)36(64)40(75-47)43(68)69)77-46-41(35(63)32(60)26(21-57)73-46)76-44-38(66)33(61)30(58)24(19-55)71-44/h8,23-42,44-47,55-67H,9-21H2,1-7H3,(H,68,69)/t23-,24+,25+,26+,27-,28+,29-,30+,31+,32-,33-,34-,35-,36-,37-,38+,39+,40-,41+,42+,44-,45-,46-,47+,51-,52+,53+,54-/m0/s1. The van der Waals surface area contributed by atoms with E-state index in [0.717, 1.165) is 19.3 Å². The number of carboxylic acids is 1. The number of carboxylic acid groups (broad SMARTS) is 1. The van der Waals surface area contributed by atoms with Crippen LogP contribution in [-0.4, -0.2) is 232 Å². The lowest BCUT2D eigenvalue weighted by Gasteiger charge is -2.71. The summed E-state index contributed by atoms with van der Waals surface area (Å²) < 4.78 is 47.9. The summed E-state index contributed by atoms with van der Waals surface area (Å²) in [7, 11) is 0. The molecule has 8 fully saturated rings. The molecule has 78 heavy (non-hydrogen) atoms. The first-order valence-electron chi connectivity index (χ1n) is 27.8. The predicted molar refractivity (Wildman–Crippen MR) is 263 cm³/mol. The largest absolute Gasteiger partial charge is 0.479 e. The number of rotatable bonds is 12. The van der Waals surface area contributed by atoms with Crippen molar-refractivity contribution in [3.05, 3.63) is 11.6 Å². The zero-order valence-corrected chi connectivity index (χ0v) is 45.5. The Labute approximate surface area is 453 Å². The van der Waals surface area contributed by atoms with Crippen LogP contribution in [0.25, 0.3) is 0 Å². The summed E-state index contributed by atoms with van der Waals surface area (Å²) in [6.07, 6.45) is -27.6. The smallest absolute Gasteiger partial charge is 0.335 e. The van der Waals surface area contributed by atoms with Gasteiger partial charge in [-0.05, 0) is 109 Å². The molecule has 0 radical (unpaired) electrons. The second kappa shape index (κ2) is 21.8. The van der Waals surface area contributed by atoms with Crippen LogP contribution >= 0.6 is 0 Å². The molecule has 28 atom stereocenters. The molecule has 0 amide bonds. The molecule has 446 valence electrons. The van der Waals surface area contributed by atoms with E-state index in [-0.39, 0.29) is 39.4 Å². The first kappa shape index (κ1) is 60.5. The Bertz CT molecular complexity index is 2190. The van der Waals surface area contributed by atoms with Crippen LogP contribution in [0.3, 0.4) is 0 Å². The predicted octanol–water partition coefficient (Wildman–Crippen LogP) is -1.94. The van der Waals surface area contributed by atoms with Gasteiger partial charge in [-0.25, -0.2) is 4.79 Å². The second-order valence-corrected chi connectivity index (χ2v) is 26.3. The molecule has 0 spiro atoms. The van der Waals surface area contributed by atoms with Gasteiger partial charge in [-0.15, -0.1) is 0 Å². The van der Waals surface area contributed by atoms with E-state index in [9.17, 15) is 81.1 Å². The highest BCUT2D eigenvalue weighted by atomic mass is 16.8. The van der Waals surface area contributed by atoms with Crippen LogP contribution in [0.5, 0.6) is 0 Å². The fourth-order valence-electron chi connectivity index (χ4n) is 16.5. The van der Waals surface area contributed by atoms with Crippen LogP contribution in [0, 0.1) is 50.2 Å². The molecule has 0 aromatic carbocycles. The summed E-state index contributed by atoms with van der Waals surface area (Å²) in [6, 6.07) is 0. The Morgan fingerprint density at radius 3 is 1.65 bits per heavy atom. The molecule has 4 aliphatic heterocycles. The minimum atomic E-state index is -2.10. The highest BCUT2D eigenvalue weighted by Gasteiger charge is 2.70. The lowest BCUT2D eigenvalue weighted by molar-refractivity contribution is -0.396. The van der Waals surface area contributed by atoms with E-state index < -0.39 is 172 Å². The van der Waals surface area contributed by atoms with Gasteiger partial charge in [0.2, 0.25) is 6.29 Å². The average molecular weight is 1120 g/mol. The molecule has 14 N–H and O–H groups in total. The van der Waals surface area contributed by atoms with Gasteiger partial charge in [-0.2, -0.15) is 0 Å². The maximum atomic E-state index is 14.8. The van der Waals surface area contributed by atoms with Crippen LogP contribution in [0.2, 0.25) is 0 Å². The van der Waals surface area contributed by atoms with Crippen molar-refractivity contribution in [2.45, 2.75) is 242 Å². The SMILES string of the molecule is CC1(C)CC[C@]2(C(=O)O[C@@H]3O[C@H](CO)[C@@H](O)[C@H](O)[C@H]3O)CC[C@]3(C)C(=CC[C@@H]4[C@@]5(C)CC[C@H](O[C@@H]6O[C@H](C(=O)O)[C@@H](O)[C@H](O)[C@H]6O[C@@H]6O[C@H](CO)[C@H](O)[C@H](O)[C@H]6O[C@@H]6O[C@H](CO)[C@@H](O)[C@H](O)[C@H]6O)C(C)(C)[C@@H]5CC[C@]43C)[C@@H]2C1. The zero-order chi connectivity index (χ0) is 57.1. The van der Waals surface area contributed by atoms with Gasteiger partial charge in [0.05, 0.1) is 31.3 Å². The van der Waals surface area contributed by atoms with Crippen molar-refractivity contribution in [3.8, 4) is 0 Å². The van der Waals surface area contributed by atoms with Gasteiger partial charge in [0.25, 0.3) is 0 Å². The topological polar surface area (TPSA) is 391 Å². The number of allylic oxidation sites excluding steroid dienone is 2. The number of aliphatic hydroxyl groups excluding tert-OH is 13. The van der Waals surface area contributed by atoms with Crippen LogP contribution in [-0.2, 0) is 47.5 Å². The molecule has 0 aromatic rings. The minimum absolute atomic E-state index is 0.00105. The summed E-state index contributed by atoms with van der Waals surface area (Å²) in [6.45, 7) is 13.2. The molecule has 9 rings (SSSR count). The van der Waals surface area contributed by atoms with Gasteiger partial charge < -0.3 is 109 Å². The van der Waals surface area contributed by atoms with E-state index in [1.807, 2.05) is 0 Å². The number of aliphatic carboxylic acids is 1. The maximum Gasteiger partial charge on any atom is 0.335 e. The highest BCUT2D eigenvalue weighted by Crippen LogP contribution is 2.76. The third-order valence-electron chi connectivity index (χ3n) is 21.4. The molecule has 0 bridgehead atoms. The number of hydrogen-bond donors (Lipinski definition) is 14. The normalized spacial score (nSPS) is 52.8. The Balaban J connectivity index is 0.972. The molecule has 4 heterocycles. The fraction of sp³-hybridized carbons (Fsp3) is 0.926. The van der Waals surface area contributed by atoms with Crippen molar-refractivity contribution in [2.24, 2.45) is 50.2 Å². The molecule has 5 aliphatic carbocycles. The Hall–Kier alpha value is -2.12. The molecule has 0 unspecified atom stereocenters. The Kier molecular flexibility index (Phi) is 16.9. The monoisotopic (exact) mass is 1120 g/mol. The second-order valence-electron chi connectivity index (χ2n) is 26.3. The van der Waals surface area contributed by atoms with Gasteiger partial charge in [-0.3, -0.25) is 4.79 Å². The minimum Gasteiger partial charge on any atom is -0.479 e. The number of aliphatic hydroxyl groups is 13. The third-order valence-corrected chi connectivity index (χ3v) is 21.4. The van der Waals surface area contributed by atoms with Crippen LogP contribution in [0.1, 0.15) is 113 Å². The number of hydrogen-bond acceptors (Lipinski definition) is 23. The molecular weight excluding hydrogens is 1030 g/mol. The first-order chi connectivity index (χ1) is 36.5. The average Bonchev–Trinajstić information content (AvgIpc) is 2.97. The van der Waals surface area contributed by atoms with Crippen LogP contribution < -0.4 is 0 Å². The fourth-order valence-corrected chi connectivity index (χ4v) is 16.5. The molecule has 24 heteroatoms. The molecule has 4 saturated carbocycles. The van der Waals surface area contributed by atoms with Gasteiger partial charge in [-0.1, -0.05) is 60.1 Å². The van der Waals surface area contributed by atoms with E-state index >= 15 is 0 Å². The number of esters is 1. The molecule has 9 aliphatic rings. The summed E-state index contributed by atoms with van der Waals surface area (Å²) >= 11 is 0. The van der Waals surface area contributed by atoms with Crippen LogP contribution in [0.15, 0.2) is 11.6 Å². The molecular formula is C54H86O24. The van der Waals surface area contributed by atoms with Gasteiger partial charge in [0, 0.05) is 0 Å². The summed E-state index contributed by atoms with van der Waals surface area (Å²) in [5.74, 6) is -2.23. The summed E-state index contributed by atoms with van der Waals surface area (Å²) in [4.78, 5) is 27.3. The first-order valence-corrected chi connectivity index (χ1v) is 27.8. The van der Waals surface area contributed by atoms with Crippen molar-refractivity contribution >= 4 is 11.9 Å². The quantitative estimate of drug-likeness (QED) is 0.0574. The van der Waals surface area contributed by atoms with Gasteiger partial charge >= 0.3 is 11.9 Å². The number of carbonyl (C=O) groups is 2. The van der Waals surface area contributed by atoms with Crippen molar-refractivity contribution < 1.29 is 119 Å². The highest BCUT2D eigenvalue weighted by molar-refractivity contribution is 5.79. The van der Waals surface area contributed by atoms with Gasteiger partial charge in [0.15, 0.2) is 25.0 Å². The van der Waals surface area contributed by atoms with E-state index in [2.05, 4.69) is 54.5 Å². The van der Waals surface area contributed by atoms with Crippen molar-refractivity contribution in [3.63, 3.8) is 0 Å². The number of carbonyl (C=O) groups excluding carboxylic acids is 1. The van der Waals surface area contributed by atoms with Gasteiger partial charge in [0.1, 0.15) is 91.6 Å². The van der Waals surface area contributed by atoms with Crippen molar-refractivity contribution in [1.29, 1.82) is 0 Å². The van der Waals surface area contributed by atoms with Crippen molar-refractivity contribution in [2.75, 3.05) is 19.8 Å². The summed E-state index contributed by atoms with van der Waals surface area (Å²) in [5.41, 5.74) is -1.46. The third kappa shape index (κ3) is 9.72. The van der Waals surface area contributed by atoms with E-state index in [1.165, 1.54) is 5.57 Å². The van der Waals surface area contributed by atoms with E-state index in [4.69, 9.17) is 37.9 Å². The molecule has 24 nitrogen and oxygen atoms in total.